The average Bonchev–Trinajstić information content (AvgIpc) is 2.16. The van der Waals surface area contributed by atoms with Crippen molar-refractivity contribution in [3.63, 3.8) is 0 Å². The van der Waals surface area contributed by atoms with Crippen molar-refractivity contribution in [1.82, 2.24) is 4.98 Å². The van der Waals surface area contributed by atoms with Crippen molar-refractivity contribution in [2.24, 2.45) is 5.92 Å². The second kappa shape index (κ2) is 6.46. The minimum Gasteiger partial charge on any atom is -0.382 e. The van der Waals surface area contributed by atoms with Crippen LogP contribution in [-0.2, 0) is 0 Å². The van der Waals surface area contributed by atoms with Crippen molar-refractivity contribution in [2.75, 3.05) is 5.32 Å². The number of rotatable bonds is 6. The van der Waals surface area contributed by atoms with Gasteiger partial charge in [-0.05, 0) is 25.3 Å². The van der Waals surface area contributed by atoms with Crippen LogP contribution < -0.4 is 5.32 Å². The van der Waals surface area contributed by atoms with Crippen LogP contribution in [0.5, 0.6) is 0 Å². The summed E-state index contributed by atoms with van der Waals surface area (Å²) >= 11 is 0. The lowest BCUT2D eigenvalue weighted by Crippen LogP contribution is -2.15. The van der Waals surface area contributed by atoms with Gasteiger partial charge in [0.15, 0.2) is 0 Å². The van der Waals surface area contributed by atoms with Gasteiger partial charge in [0, 0.05) is 24.0 Å². The lowest BCUT2D eigenvalue weighted by molar-refractivity contribution is 0.520. The minimum atomic E-state index is -0.431. The molecule has 0 fully saturated rings. The monoisotopic (exact) mass is 224 g/mol. The van der Waals surface area contributed by atoms with Gasteiger partial charge in [0.05, 0.1) is 0 Å². The van der Waals surface area contributed by atoms with E-state index in [1.807, 2.05) is 0 Å². The van der Waals surface area contributed by atoms with E-state index in [4.69, 9.17) is 0 Å². The van der Waals surface area contributed by atoms with Gasteiger partial charge in [-0.1, -0.05) is 26.7 Å². The SMILES string of the molecule is CC(C)CCCC(C)Nc1ccnc(F)c1. The Kier molecular flexibility index (Phi) is 5.23. The van der Waals surface area contributed by atoms with E-state index >= 15 is 0 Å². The number of nitrogens with zero attached hydrogens (tertiary/aromatic N) is 1. The molecule has 0 saturated carbocycles. The van der Waals surface area contributed by atoms with E-state index in [0.29, 0.717) is 6.04 Å². The standard InChI is InChI=1S/C13H21FN2/c1-10(2)5-4-6-11(3)16-12-7-8-15-13(14)9-12/h7-11H,4-6H2,1-3H3,(H,15,16). The van der Waals surface area contributed by atoms with E-state index in [0.717, 1.165) is 18.0 Å². The molecule has 1 aromatic rings. The first-order chi connectivity index (χ1) is 7.58. The Balaban J connectivity index is 2.31. The molecule has 90 valence electrons. The molecule has 0 aliphatic rings. The van der Waals surface area contributed by atoms with Gasteiger partial charge >= 0.3 is 0 Å². The summed E-state index contributed by atoms with van der Waals surface area (Å²) < 4.78 is 12.8. The third-order valence-corrected chi connectivity index (χ3v) is 2.56. The number of pyridine rings is 1. The molecule has 1 N–H and O–H groups in total. The Morgan fingerprint density at radius 3 is 2.69 bits per heavy atom. The smallest absolute Gasteiger partial charge is 0.214 e. The molecule has 1 unspecified atom stereocenters. The molecule has 0 radical (unpaired) electrons. The van der Waals surface area contributed by atoms with Crippen LogP contribution in [0.4, 0.5) is 10.1 Å². The van der Waals surface area contributed by atoms with Gasteiger partial charge in [0.1, 0.15) is 0 Å². The van der Waals surface area contributed by atoms with Gasteiger partial charge in [-0.25, -0.2) is 4.98 Å². The predicted molar refractivity (Wildman–Crippen MR) is 66.0 cm³/mol. The van der Waals surface area contributed by atoms with Crippen molar-refractivity contribution in [3.8, 4) is 0 Å². The van der Waals surface area contributed by atoms with Crippen LogP contribution in [0.2, 0.25) is 0 Å². The Morgan fingerprint density at radius 1 is 1.31 bits per heavy atom. The highest BCUT2D eigenvalue weighted by atomic mass is 19.1. The molecule has 1 heterocycles. The summed E-state index contributed by atoms with van der Waals surface area (Å²) in [5.41, 5.74) is 0.810. The molecule has 0 aliphatic heterocycles. The zero-order valence-corrected chi connectivity index (χ0v) is 10.3. The van der Waals surface area contributed by atoms with Crippen molar-refractivity contribution in [2.45, 2.75) is 46.1 Å². The summed E-state index contributed by atoms with van der Waals surface area (Å²) in [6.45, 7) is 6.59. The van der Waals surface area contributed by atoms with Crippen LogP contribution in [-0.4, -0.2) is 11.0 Å². The normalized spacial score (nSPS) is 12.8. The van der Waals surface area contributed by atoms with E-state index in [2.05, 4.69) is 31.1 Å². The number of hydrogen-bond acceptors (Lipinski definition) is 2. The molecule has 0 spiro atoms. The molecule has 1 aromatic heterocycles. The lowest BCUT2D eigenvalue weighted by atomic mass is 10.0. The number of hydrogen-bond donors (Lipinski definition) is 1. The van der Waals surface area contributed by atoms with Crippen LogP contribution in [0.1, 0.15) is 40.0 Å². The van der Waals surface area contributed by atoms with Gasteiger partial charge in [-0.15, -0.1) is 0 Å². The molecule has 0 aromatic carbocycles. The summed E-state index contributed by atoms with van der Waals surface area (Å²) in [6.07, 6.45) is 5.05. The topological polar surface area (TPSA) is 24.9 Å². The van der Waals surface area contributed by atoms with Crippen LogP contribution in [0.15, 0.2) is 18.3 Å². The summed E-state index contributed by atoms with van der Waals surface area (Å²) in [4.78, 5) is 3.53. The number of nitrogens with one attached hydrogen (secondary N) is 1. The Morgan fingerprint density at radius 2 is 2.06 bits per heavy atom. The van der Waals surface area contributed by atoms with Gasteiger partial charge < -0.3 is 5.32 Å². The molecule has 1 atom stereocenters. The molecule has 16 heavy (non-hydrogen) atoms. The van der Waals surface area contributed by atoms with Gasteiger partial charge in [-0.2, -0.15) is 4.39 Å². The van der Waals surface area contributed by atoms with Crippen LogP contribution >= 0.6 is 0 Å². The lowest BCUT2D eigenvalue weighted by Gasteiger charge is -2.15. The van der Waals surface area contributed by atoms with Crippen LogP contribution in [0.3, 0.4) is 0 Å². The molecule has 0 amide bonds. The fraction of sp³-hybridized carbons (Fsp3) is 0.615. The summed E-state index contributed by atoms with van der Waals surface area (Å²) in [5, 5.41) is 3.28. The summed E-state index contributed by atoms with van der Waals surface area (Å²) in [5.74, 6) is 0.324. The first kappa shape index (κ1) is 12.9. The largest absolute Gasteiger partial charge is 0.382 e. The summed E-state index contributed by atoms with van der Waals surface area (Å²) in [7, 11) is 0. The number of halogens is 1. The maximum Gasteiger partial charge on any atom is 0.214 e. The first-order valence-electron chi connectivity index (χ1n) is 5.96. The fourth-order valence-corrected chi connectivity index (χ4v) is 1.68. The van der Waals surface area contributed by atoms with E-state index < -0.39 is 5.95 Å². The average molecular weight is 224 g/mol. The molecule has 0 saturated heterocycles. The predicted octanol–water partition coefficient (Wildman–Crippen LogP) is 3.85. The molecule has 0 aliphatic carbocycles. The molecule has 1 rings (SSSR count). The van der Waals surface area contributed by atoms with E-state index in [1.165, 1.54) is 25.1 Å². The fourth-order valence-electron chi connectivity index (χ4n) is 1.68. The molecular formula is C13H21FN2. The highest BCUT2D eigenvalue weighted by Crippen LogP contribution is 2.13. The zero-order valence-electron chi connectivity index (χ0n) is 10.3. The van der Waals surface area contributed by atoms with Crippen molar-refractivity contribution in [1.29, 1.82) is 0 Å². The van der Waals surface area contributed by atoms with Crippen LogP contribution in [0, 0.1) is 11.9 Å². The van der Waals surface area contributed by atoms with Crippen molar-refractivity contribution >= 4 is 5.69 Å². The Hall–Kier alpha value is -1.12. The van der Waals surface area contributed by atoms with Crippen molar-refractivity contribution < 1.29 is 4.39 Å². The maximum absolute atomic E-state index is 12.8. The quantitative estimate of drug-likeness (QED) is 0.742. The second-order valence-electron chi connectivity index (χ2n) is 4.74. The molecule has 2 nitrogen and oxygen atoms in total. The van der Waals surface area contributed by atoms with E-state index in [1.54, 1.807) is 6.07 Å². The summed E-state index contributed by atoms with van der Waals surface area (Å²) in [6, 6.07) is 3.60. The molecule has 0 bridgehead atoms. The van der Waals surface area contributed by atoms with Crippen molar-refractivity contribution in [3.05, 3.63) is 24.3 Å². The minimum absolute atomic E-state index is 0.376. The first-order valence-corrected chi connectivity index (χ1v) is 5.96. The Labute approximate surface area is 97.3 Å². The van der Waals surface area contributed by atoms with E-state index in [-0.39, 0.29) is 0 Å². The maximum atomic E-state index is 12.8. The number of aromatic nitrogens is 1. The zero-order chi connectivity index (χ0) is 12.0. The van der Waals surface area contributed by atoms with Gasteiger partial charge in [-0.3, -0.25) is 0 Å². The van der Waals surface area contributed by atoms with Gasteiger partial charge in [0.25, 0.3) is 0 Å². The third-order valence-electron chi connectivity index (χ3n) is 2.56. The highest BCUT2D eigenvalue weighted by Gasteiger charge is 2.03. The number of anilines is 1. The van der Waals surface area contributed by atoms with E-state index in [9.17, 15) is 4.39 Å². The second-order valence-corrected chi connectivity index (χ2v) is 4.74. The molecular weight excluding hydrogens is 203 g/mol. The Bertz CT molecular complexity index is 313. The third kappa shape index (κ3) is 5.10. The van der Waals surface area contributed by atoms with Gasteiger partial charge in [0.2, 0.25) is 5.95 Å². The van der Waals surface area contributed by atoms with Crippen LogP contribution in [0.25, 0.3) is 0 Å². The highest BCUT2D eigenvalue weighted by molar-refractivity contribution is 5.41. The molecule has 3 heteroatoms.